The van der Waals surface area contributed by atoms with E-state index in [-0.39, 0.29) is 17.7 Å². The SMILES string of the molecule is Cc1cccc([N+](=O)[O-])c1C(=O)NC(C)(C)CC(=O)O. The average Bonchev–Trinajstić information content (AvgIpc) is 2.25. The Balaban J connectivity index is 3.10. The molecule has 0 aromatic heterocycles. The van der Waals surface area contributed by atoms with Crippen molar-refractivity contribution in [3.05, 3.63) is 39.4 Å². The van der Waals surface area contributed by atoms with Crippen molar-refractivity contribution < 1.29 is 19.6 Å². The number of hydrogen-bond acceptors (Lipinski definition) is 4. The molecule has 0 bridgehead atoms. The smallest absolute Gasteiger partial charge is 0.305 e. The first kappa shape index (κ1) is 15.6. The van der Waals surface area contributed by atoms with E-state index in [4.69, 9.17) is 5.11 Å². The summed E-state index contributed by atoms with van der Waals surface area (Å²) < 4.78 is 0. The molecule has 7 heteroatoms. The number of nitro groups is 1. The molecule has 0 spiro atoms. The molecule has 0 radical (unpaired) electrons. The van der Waals surface area contributed by atoms with Crippen molar-refractivity contribution in [1.29, 1.82) is 0 Å². The van der Waals surface area contributed by atoms with Crippen LogP contribution in [-0.4, -0.2) is 27.4 Å². The van der Waals surface area contributed by atoms with Crippen molar-refractivity contribution >= 4 is 17.6 Å². The second-order valence-electron chi connectivity index (χ2n) is 5.13. The summed E-state index contributed by atoms with van der Waals surface area (Å²) in [4.78, 5) is 33.2. The second kappa shape index (κ2) is 5.68. The monoisotopic (exact) mass is 280 g/mol. The van der Waals surface area contributed by atoms with Gasteiger partial charge in [0.05, 0.1) is 11.3 Å². The quantitative estimate of drug-likeness (QED) is 0.632. The Hall–Kier alpha value is -2.44. The molecule has 20 heavy (non-hydrogen) atoms. The molecule has 0 aliphatic rings. The van der Waals surface area contributed by atoms with Crippen LogP contribution in [0, 0.1) is 17.0 Å². The number of nitrogens with zero attached hydrogens (tertiary/aromatic N) is 1. The first-order valence-corrected chi connectivity index (χ1v) is 5.92. The molecule has 1 aromatic rings. The van der Waals surface area contributed by atoms with E-state index >= 15 is 0 Å². The van der Waals surface area contributed by atoms with Gasteiger partial charge >= 0.3 is 5.97 Å². The maximum atomic E-state index is 12.2. The van der Waals surface area contributed by atoms with E-state index in [1.165, 1.54) is 12.1 Å². The Morgan fingerprint density at radius 3 is 2.50 bits per heavy atom. The summed E-state index contributed by atoms with van der Waals surface area (Å²) in [6.45, 7) is 4.68. The molecule has 0 atom stereocenters. The lowest BCUT2D eigenvalue weighted by atomic mass is 9.98. The fourth-order valence-corrected chi connectivity index (χ4v) is 1.89. The number of rotatable bonds is 5. The molecule has 0 aliphatic carbocycles. The Kier molecular flexibility index (Phi) is 4.44. The average molecular weight is 280 g/mol. The maximum Gasteiger partial charge on any atom is 0.305 e. The predicted octanol–water partition coefficient (Wildman–Crippen LogP) is 1.89. The number of carboxylic acid groups (broad SMARTS) is 1. The fraction of sp³-hybridized carbons (Fsp3) is 0.385. The minimum absolute atomic E-state index is 0.0454. The molecule has 0 saturated heterocycles. The number of carboxylic acids is 1. The van der Waals surface area contributed by atoms with Gasteiger partial charge in [0.15, 0.2) is 0 Å². The first-order valence-electron chi connectivity index (χ1n) is 5.92. The third-order valence-corrected chi connectivity index (χ3v) is 2.72. The van der Waals surface area contributed by atoms with Crippen molar-refractivity contribution in [2.24, 2.45) is 0 Å². The van der Waals surface area contributed by atoms with Gasteiger partial charge in [0, 0.05) is 11.6 Å². The van der Waals surface area contributed by atoms with Gasteiger partial charge in [-0.25, -0.2) is 0 Å². The number of benzene rings is 1. The predicted molar refractivity (Wildman–Crippen MR) is 71.6 cm³/mol. The molecule has 0 saturated carbocycles. The second-order valence-corrected chi connectivity index (χ2v) is 5.13. The van der Waals surface area contributed by atoms with Gasteiger partial charge in [-0.05, 0) is 26.3 Å². The molecule has 1 amide bonds. The van der Waals surface area contributed by atoms with Crippen LogP contribution in [0.4, 0.5) is 5.69 Å². The minimum Gasteiger partial charge on any atom is -0.481 e. The summed E-state index contributed by atoms with van der Waals surface area (Å²) in [6, 6.07) is 4.32. The van der Waals surface area contributed by atoms with Crippen LogP contribution in [-0.2, 0) is 4.79 Å². The molecule has 0 fully saturated rings. The van der Waals surface area contributed by atoms with Gasteiger partial charge in [0.1, 0.15) is 5.56 Å². The molecule has 1 rings (SSSR count). The van der Waals surface area contributed by atoms with Crippen LogP contribution < -0.4 is 5.32 Å². The van der Waals surface area contributed by atoms with Crippen molar-refractivity contribution in [3.8, 4) is 0 Å². The summed E-state index contributed by atoms with van der Waals surface area (Å²) in [5.41, 5.74) is -0.883. The zero-order chi connectivity index (χ0) is 15.5. The van der Waals surface area contributed by atoms with E-state index in [1.54, 1.807) is 26.8 Å². The Labute approximate surface area is 115 Å². The van der Waals surface area contributed by atoms with Crippen LogP contribution in [0.1, 0.15) is 36.2 Å². The van der Waals surface area contributed by atoms with E-state index < -0.39 is 22.3 Å². The van der Waals surface area contributed by atoms with Gasteiger partial charge in [-0.15, -0.1) is 0 Å². The van der Waals surface area contributed by atoms with Crippen LogP contribution in [0.2, 0.25) is 0 Å². The normalized spacial score (nSPS) is 10.9. The van der Waals surface area contributed by atoms with Crippen molar-refractivity contribution in [3.63, 3.8) is 0 Å². The number of hydrogen-bond donors (Lipinski definition) is 2. The molecular weight excluding hydrogens is 264 g/mol. The number of nitro benzene ring substituents is 1. The van der Waals surface area contributed by atoms with Crippen LogP contribution in [0.15, 0.2) is 18.2 Å². The van der Waals surface area contributed by atoms with Crippen LogP contribution in [0.5, 0.6) is 0 Å². The fourth-order valence-electron chi connectivity index (χ4n) is 1.89. The van der Waals surface area contributed by atoms with Crippen molar-refractivity contribution in [2.75, 3.05) is 0 Å². The third kappa shape index (κ3) is 3.78. The van der Waals surface area contributed by atoms with E-state index in [2.05, 4.69) is 5.32 Å². The molecule has 0 aliphatic heterocycles. The highest BCUT2D eigenvalue weighted by atomic mass is 16.6. The highest BCUT2D eigenvalue weighted by molar-refractivity contribution is 6.00. The number of carbonyl (C=O) groups is 2. The maximum absolute atomic E-state index is 12.2. The number of amides is 1. The summed E-state index contributed by atoms with van der Waals surface area (Å²) >= 11 is 0. The van der Waals surface area contributed by atoms with Gasteiger partial charge in [-0.2, -0.15) is 0 Å². The van der Waals surface area contributed by atoms with Crippen molar-refractivity contribution in [1.82, 2.24) is 5.32 Å². The standard InChI is InChI=1S/C13H16N2O5/c1-8-5-4-6-9(15(19)20)11(8)12(18)14-13(2,3)7-10(16)17/h4-6H,7H2,1-3H3,(H,14,18)(H,16,17). The van der Waals surface area contributed by atoms with Gasteiger partial charge in [-0.3, -0.25) is 19.7 Å². The van der Waals surface area contributed by atoms with Crippen LogP contribution in [0.3, 0.4) is 0 Å². The van der Waals surface area contributed by atoms with Crippen LogP contribution >= 0.6 is 0 Å². The molecule has 108 valence electrons. The lowest BCUT2D eigenvalue weighted by Crippen LogP contribution is -2.45. The van der Waals surface area contributed by atoms with Gasteiger partial charge in [0.25, 0.3) is 11.6 Å². The number of aryl methyl sites for hydroxylation is 1. The number of aliphatic carboxylic acids is 1. The highest BCUT2D eigenvalue weighted by Gasteiger charge is 2.28. The zero-order valence-electron chi connectivity index (χ0n) is 11.5. The van der Waals surface area contributed by atoms with E-state index in [1.807, 2.05) is 0 Å². The Morgan fingerprint density at radius 2 is 2.00 bits per heavy atom. The summed E-state index contributed by atoms with van der Waals surface area (Å²) in [6.07, 6.45) is -0.279. The first-order chi connectivity index (χ1) is 9.14. The lowest BCUT2D eigenvalue weighted by Gasteiger charge is -2.24. The van der Waals surface area contributed by atoms with Gasteiger partial charge in [0.2, 0.25) is 0 Å². The lowest BCUT2D eigenvalue weighted by molar-refractivity contribution is -0.385. The topological polar surface area (TPSA) is 110 Å². The van der Waals surface area contributed by atoms with E-state index in [0.717, 1.165) is 0 Å². The zero-order valence-corrected chi connectivity index (χ0v) is 11.5. The molecule has 0 unspecified atom stereocenters. The summed E-state index contributed by atoms with van der Waals surface area (Å²) in [5.74, 6) is -1.71. The number of carbonyl (C=O) groups excluding carboxylic acids is 1. The Bertz CT molecular complexity index is 566. The summed E-state index contributed by atoms with van der Waals surface area (Å²) in [5, 5.41) is 22.2. The van der Waals surface area contributed by atoms with Gasteiger partial charge < -0.3 is 10.4 Å². The van der Waals surface area contributed by atoms with Crippen molar-refractivity contribution in [2.45, 2.75) is 32.7 Å². The number of nitrogens with one attached hydrogen (secondary N) is 1. The molecule has 1 aromatic carbocycles. The van der Waals surface area contributed by atoms with E-state index in [0.29, 0.717) is 5.56 Å². The summed E-state index contributed by atoms with van der Waals surface area (Å²) in [7, 11) is 0. The minimum atomic E-state index is -1.06. The molecular formula is C13H16N2O5. The largest absolute Gasteiger partial charge is 0.481 e. The highest BCUT2D eigenvalue weighted by Crippen LogP contribution is 2.22. The van der Waals surface area contributed by atoms with Crippen LogP contribution in [0.25, 0.3) is 0 Å². The Morgan fingerprint density at radius 1 is 1.40 bits per heavy atom. The molecule has 7 nitrogen and oxygen atoms in total. The molecule has 2 N–H and O–H groups in total. The van der Waals surface area contributed by atoms with E-state index in [9.17, 15) is 19.7 Å². The third-order valence-electron chi connectivity index (χ3n) is 2.72. The van der Waals surface area contributed by atoms with Gasteiger partial charge in [-0.1, -0.05) is 12.1 Å². The molecule has 0 heterocycles.